The maximum Gasteiger partial charge on any atom is 0.330 e. The van der Waals surface area contributed by atoms with Gasteiger partial charge < -0.3 is 9.84 Å². The molecule has 1 aromatic rings. The van der Waals surface area contributed by atoms with Gasteiger partial charge in [-0.25, -0.2) is 4.79 Å². The SMILES string of the molecule is Cc1cn(C2CC(CCl)C(CO)O2)c(=O)[nH]c1=O. The second kappa shape index (κ2) is 5.26. The highest BCUT2D eigenvalue weighted by Gasteiger charge is 2.35. The quantitative estimate of drug-likeness (QED) is 0.759. The van der Waals surface area contributed by atoms with Crippen molar-refractivity contribution >= 4 is 11.6 Å². The first-order valence-corrected chi connectivity index (χ1v) is 6.24. The number of hydrogen-bond donors (Lipinski definition) is 2. The fourth-order valence-corrected chi connectivity index (χ4v) is 2.44. The van der Waals surface area contributed by atoms with Crippen molar-refractivity contribution in [2.75, 3.05) is 12.5 Å². The number of nitrogens with one attached hydrogen (secondary N) is 1. The molecule has 0 bridgehead atoms. The molecule has 1 aromatic heterocycles. The molecule has 2 rings (SSSR count). The summed E-state index contributed by atoms with van der Waals surface area (Å²) in [6.07, 6.45) is 1.15. The highest BCUT2D eigenvalue weighted by Crippen LogP contribution is 2.33. The minimum absolute atomic E-state index is 0.000742. The number of aromatic amines is 1. The van der Waals surface area contributed by atoms with E-state index in [4.69, 9.17) is 16.3 Å². The summed E-state index contributed by atoms with van der Waals surface area (Å²) >= 11 is 5.79. The van der Waals surface area contributed by atoms with E-state index >= 15 is 0 Å². The Balaban J connectivity index is 2.31. The van der Waals surface area contributed by atoms with Gasteiger partial charge in [0.1, 0.15) is 6.23 Å². The van der Waals surface area contributed by atoms with Crippen molar-refractivity contribution in [2.24, 2.45) is 5.92 Å². The number of aliphatic hydroxyl groups excluding tert-OH is 1. The van der Waals surface area contributed by atoms with Crippen LogP contribution in [0.25, 0.3) is 0 Å². The predicted molar refractivity (Wildman–Crippen MR) is 65.9 cm³/mol. The fraction of sp³-hybridized carbons (Fsp3) is 0.636. The Morgan fingerprint density at radius 2 is 2.33 bits per heavy atom. The predicted octanol–water partition coefficient (Wildman–Crippen LogP) is -0.0202. The van der Waals surface area contributed by atoms with Gasteiger partial charge >= 0.3 is 5.69 Å². The largest absolute Gasteiger partial charge is 0.394 e. The Labute approximate surface area is 108 Å². The number of aromatic nitrogens is 2. The van der Waals surface area contributed by atoms with Crippen LogP contribution in [0.5, 0.6) is 0 Å². The molecular weight excluding hydrogens is 260 g/mol. The number of alkyl halides is 1. The molecule has 3 atom stereocenters. The van der Waals surface area contributed by atoms with Crippen LogP contribution in [0.1, 0.15) is 18.2 Å². The van der Waals surface area contributed by atoms with Crippen molar-refractivity contribution in [3.05, 3.63) is 32.6 Å². The standard InChI is InChI=1S/C11H15ClN2O4/c1-6-4-14(11(17)13-10(6)16)9-2-7(3-12)8(5-15)18-9/h4,7-9,15H,2-3,5H2,1H3,(H,13,16,17). The third-order valence-electron chi connectivity index (χ3n) is 3.20. The number of H-pyrrole nitrogens is 1. The highest BCUT2D eigenvalue weighted by molar-refractivity contribution is 6.18. The van der Waals surface area contributed by atoms with Crippen LogP contribution in [0.2, 0.25) is 0 Å². The van der Waals surface area contributed by atoms with Gasteiger partial charge in [-0.05, 0) is 13.3 Å². The topological polar surface area (TPSA) is 84.3 Å². The zero-order chi connectivity index (χ0) is 13.3. The number of halogens is 1. The molecule has 0 aliphatic carbocycles. The fourth-order valence-electron chi connectivity index (χ4n) is 2.11. The lowest BCUT2D eigenvalue weighted by Gasteiger charge is -2.15. The molecule has 0 amide bonds. The first-order chi connectivity index (χ1) is 8.56. The second-order valence-corrected chi connectivity index (χ2v) is 4.75. The summed E-state index contributed by atoms with van der Waals surface area (Å²) in [6, 6.07) is 0. The number of nitrogens with zero attached hydrogens (tertiary/aromatic N) is 1. The molecule has 0 saturated carbocycles. The van der Waals surface area contributed by atoms with E-state index < -0.39 is 17.5 Å². The number of hydrogen-bond acceptors (Lipinski definition) is 4. The monoisotopic (exact) mass is 274 g/mol. The molecule has 1 aliphatic rings. The molecule has 2 heterocycles. The summed E-state index contributed by atoms with van der Waals surface area (Å²) in [5, 5.41) is 9.17. The molecule has 3 unspecified atom stereocenters. The van der Waals surface area contributed by atoms with E-state index in [1.807, 2.05) is 0 Å². The van der Waals surface area contributed by atoms with Gasteiger partial charge in [-0.2, -0.15) is 0 Å². The first kappa shape index (κ1) is 13.3. The van der Waals surface area contributed by atoms with Crippen LogP contribution in [-0.2, 0) is 4.74 Å². The van der Waals surface area contributed by atoms with Gasteiger partial charge in [0.15, 0.2) is 0 Å². The van der Waals surface area contributed by atoms with Crippen molar-refractivity contribution in [3.63, 3.8) is 0 Å². The minimum Gasteiger partial charge on any atom is -0.394 e. The van der Waals surface area contributed by atoms with Gasteiger partial charge in [0, 0.05) is 23.6 Å². The normalized spacial score (nSPS) is 27.6. The van der Waals surface area contributed by atoms with E-state index in [2.05, 4.69) is 4.98 Å². The third kappa shape index (κ3) is 2.36. The summed E-state index contributed by atoms with van der Waals surface area (Å²) in [7, 11) is 0. The summed E-state index contributed by atoms with van der Waals surface area (Å²) in [5.74, 6) is 0.361. The summed E-state index contributed by atoms with van der Waals surface area (Å²) in [5.41, 5.74) is -0.475. The van der Waals surface area contributed by atoms with Crippen molar-refractivity contribution in [2.45, 2.75) is 25.7 Å². The highest BCUT2D eigenvalue weighted by atomic mass is 35.5. The Morgan fingerprint density at radius 3 is 2.89 bits per heavy atom. The van der Waals surface area contributed by atoms with Gasteiger partial charge in [-0.1, -0.05) is 0 Å². The molecule has 1 fully saturated rings. The Morgan fingerprint density at radius 1 is 1.61 bits per heavy atom. The van der Waals surface area contributed by atoms with Crippen LogP contribution in [-0.4, -0.2) is 33.2 Å². The van der Waals surface area contributed by atoms with Crippen LogP contribution < -0.4 is 11.2 Å². The van der Waals surface area contributed by atoms with Crippen LogP contribution in [0, 0.1) is 12.8 Å². The van der Waals surface area contributed by atoms with E-state index in [0.29, 0.717) is 17.9 Å². The minimum atomic E-state index is -0.512. The maximum absolute atomic E-state index is 11.7. The molecule has 0 radical (unpaired) electrons. The zero-order valence-electron chi connectivity index (χ0n) is 9.93. The van der Waals surface area contributed by atoms with Crippen LogP contribution in [0.4, 0.5) is 0 Å². The Kier molecular flexibility index (Phi) is 3.89. The molecular formula is C11H15ClN2O4. The number of ether oxygens (including phenoxy) is 1. The van der Waals surface area contributed by atoms with Crippen LogP contribution in [0.15, 0.2) is 15.8 Å². The molecule has 7 heteroatoms. The van der Waals surface area contributed by atoms with Gasteiger partial charge in [-0.3, -0.25) is 14.3 Å². The molecule has 2 N–H and O–H groups in total. The van der Waals surface area contributed by atoms with E-state index in [-0.39, 0.29) is 18.6 Å². The summed E-state index contributed by atoms with van der Waals surface area (Å²) in [6.45, 7) is 1.48. The average molecular weight is 275 g/mol. The molecule has 1 aliphatic heterocycles. The maximum atomic E-state index is 11.7. The van der Waals surface area contributed by atoms with E-state index in [1.165, 1.54) is 10.8 Å². The lowest BCUT2D eigenvalue weighted by atomic mass is 10.0. The average Bonchev–Trinajstić information content (AvgIpc) is 2.76. The molecule has 6 nitrogen and oxygen atoms in total. The van der Waals surface area contributed by atoms with Crippen LogP contribution in [0.3, 0.4) is 0 Å². The molecule has 1 saturated heterocycles. The smallest absolute Gasteiger partial charge is 0.330 e. The number of rotatable bonds is 3. The van der Waals surface area contributed by atoms with E-state index in [1.54, 1.807) is 6.92 Å². The molecule has 0 aromatic carbocycles. The molecule has 18 heavy (non-hydrogen) atoms. The summed E-state index contributed by atoms with van der Waals surface area (Å²) in [4.78, 5) is 25.2. The number of aliphatic hydroxyl groups is 1. The van der Waals surface area contributed by atoms with Crippen molar-refractivity contribution < 1.29 is 9.84 Å². The van der Waals surface area contributed by atoms with Crippen LogP contribution >= 0.6 is 11.6 Å². The first-order valence-electron chi connectivity index (χ1n) is 5.71. The van der Waals surface area contributed by atoms with Gasteiger partial charge in [0.25, 0.3) is 5.56 Å². The molecule has 0 spiro atoms. The van der Waals surface area contributed by atoms with Crippen molar-refractivity contribution in [3.8, 4) is 0 Å². The van der Waals surface area contributed by atoms with Crippen molar-refractivity contribution in [1.29, 1.82) is 0 Å². The van der Waals surface area contributed by atoms with Gasteiger partial charge in [0.05, 0.1) is 12.7 Å². The van der Waals surface area contributed by atoms with Gasteiger partial charge in [0.2, 0.25) is 0 Å². The number of aryl methyl sites for hydroxylation is 1. The second-order valence-electron chi connectivity index (χ2n) is 4.44. The van der Waals surface area contributed by atoms with E-state index in [0.717, 1.165) is 0 Å². The Bertz CT molecular complexity index is 527. The lowest BCUT2D eigenvalue weighted by molar-refractivity contribution is -0.0311. The molecule has 100 valence electrons. The Hall–Kier alpha value is -1.11. The van der Waals surface area contributed by atoms with Crippen molar-refractivity contribution in [1.82, 2.24) is 9.55 Å². The summed E-state index contributed by atoms with van der Waals surface area (Å²) < 4.78 is 6.92. The van der Waals surface area contributed by atoms with Gasteiger partial charge in [-0.15, -0.1) is 11.6 Å². The third-order valence-corrected chi connectivity index (χ3v) is 3.59. The van der Waals surface area contributed by atoms with E-state index in [9.17, 15) is 14.7 Å². The lowest BCUT2D eigenvalue weighted by Crippen LogP contribution is -2.33. The zero-order valence-corrected chi connectivity index (χ0v) is 10.7.